The van der Waals surface area contributed by atoms with Crippen molar-refractivity contribution in [3.05, 3.63) is 0 Å². The van der Waals surface area contributed by atoms with E-state index in [2.05, 4.69) is 10.2 Å². The zero-order chi connectivity index (χ0) is 13.4. The van der Waals surface area contributed by atoms with Crippen molar-refractivity contribution in [1.29, 1.82) is 0 Å². The molecule has 0 aromatic rings. The number of nitrogens with one attached hydrogen (secondary N) is 1. The highest BCUT2D eigenvalue weighted by Crippen LogP contribution is 2.16. The number of nitrogens with zero attached hydrogens (tertiary/aromatic N) is 1. The van der Waals surface area contributed by atoms with Gasteiger partial charge in [-0.2, -0.15) is 0 Å². The Bertz CT molecular complexity index is 311. The molecule has 0 radical (unpaired) electrons. The Hall–Kier alpha value is -0.170. The highest BCUT2D eigenvalue weighted by Gasteiger charge is 2.19. The summed E-state index contributed by atoms with van der Waals surface area (Å²) in [7, 11) is -1.12. The van der Waals surface area contributed by atoms with Gasteiger partial charge >= 0.3 is 0 Å². The van der Waals surface area contributed by atoms with Gasteiger partial charge in [0.2, 0.25) is 0 Å². The van der Waals surface area contributed by atoms with Gasteiger partial charge in [0.1, 0.15) is 9.84 Å². The fourth-order valence-electron chi connectivity index (χ4n) is 2.19. The van der Waals surface area contributed by atoms with E-state index in [1.807, 2.05) is 0 Å². The minimum absolute atomic E-state index is 0.282. The second-order valence-electron chi connectivity index (χ2n) is 5.11. The third kappa shape index (κ3) is 7.31. The molecule has 1 N–H and O–H groups in total. The number of sulfone groups is 1. The van der Waals surface area contributed by atoms with E-state index in [1.165, 1.54) is 6.26 Å². The highest BCUT2D eigenvalue weighted by atomic mass is 32.2. The van der Waals surface area contributed by atoms with Crippen molar-refractivity contribution in [2.24, 2.45) is 5.92 Å². The number of rotatable bonds is 8. The predicted molar refractivity (Wildman–Crippen MR) is 73.6 cm³/mol. The van der Waals surface area contributed by atoms with Crippen LogP contribution < -0.4 is 5.32 Å². The van der Waals surface area contributed by atoms with E-state index in [9.17, 15) is 8.42 Å². The van der Waals surface area contributed by atoms with E-state index < -0.39 is 9.84 Å². The Labute approximate surface area is 111 Å². The standard InChI is InChI=1S/C12H26N2O3S/c1-17-9-5-13-11-12-3-6-14(7-4-12)8-10-18(2,15)16/h12-13H,3-11H2,1-2H3. The topological polar surface area (TPSA) is 58.6 Å². The van der Waals surface area contributed by atoms with E-state index >= 15 is 0 Å². The van der Waals surface area contributed by atoms with Crippen molar-refractivity contribution in [2.45, 2.75) is 12.8 Å². The molecule has 18 heavy (non-hydrogen) atoms. The molecule has 0 amide bonds. The molecule has 5 nitrogen and oxygen atoms in total. The molecule has 1 heterocycles. The highest BCUT2D eigenvalue weighted by molar-refractivity contribution is 7.90. The SMILES string of the molecule is COCCNCC1CCN(CCS(C)(=O)=O)CC1. The van der Waals surface area contributed by atoms with Crippen LogP contribution in [-0.2, 0) is 14.6 Å². The smallest absolute Gasteiger partial charge is 0.148 e. The molecule has 1 saturated heterocycles. The van der Waals surface area contributed by atoms with Crippen LogP contribution in [0, 0.1) is 5.92 Å². The molecule has 0 spiro atoms. The quantitative estimate of drug-likeness (QED) is 0.632. The first-order chi connectivity index (χ1) is 8.51. The van der Waals surface area contributed by atoms with Crippen molar-refractivity contribution < 1.29 is 13.2 Å². The van der Waals surface area contributed by atoms with E-state index in [0.29, 0.717) is 6.54 Å². The van der Waals surface area contributed by atoms with E-state index in [4.69, 9.17) is 4.74 Å². The van der Waals surface area contributed by atoms with Crippen LogP contribution in [0.15, 0.2) is 0 Å². The van der Waals surface area contributed by atoms with Crippen molar-refractivity contribution in [1.82, 2.24) is 10.2 Å². The maximum Gasteiger partial charge on any atom is 0.148 e. The summed E-state index contributed by atoms with van der Waals surface area (Å²) < 4.78 is 27.2. The second-order valence-corrected chi connectivity index (χ2v) is 7.37. The summed E-state index contributed by atoms with van der Waals surface area (Å²) in [4.78, 5) is 2.26. The first-order valence-corrected chi connectivity index (χ1v) is 8.67. The van der Waals surface area contributed by atoms with Crippen LogP contribution >= 0.6 is 0 Å². The third-order valence-corrected chi connectivity index (χ3v) is 4.33. The number of methoxy groups -OCH3 is 1. The van der Waals surface area contributed by atoms with Crippen LogP contribution in [0.25, 0.3) is 0 Å². The van der Waals surface area contributed by atoms with Crippen molar-refractivity contribution >= 4 is 9.84 Å². The van der Waals surface area contributed by atoms with Gasteiger partial charge in [-0.25, -0.2) is 8.42 Å². The lowest BCUT2D eigenvalue weighted by Crippen LogP contribution is -2.39. The number of likely N-dealkylation sites (tertiary alicyclic amines) is 1. The first kappa shape index (κ1) is 15.9. The molecule has 108 valence electrons. The molecule has 0 aromatic heterocycles. The lowest BCUT2D eigenvalue weighted by molar-refractivity contribution is 0.178. The van der Waals surface area contributed by atoms with E-state index in [0.717, 1.165) is 51.5 Å². The monoisotopic (exact) mass is 278 g/mol. The Morgan fingerprint density at radius 2 is 2.00 bits per heavy atom. The van der Waals surface area contributed by atoms with Gasteiger partial charge in [-0.3, -0.25) is 0 Å². The number of hydrogen-bond donors (Lipinski definition) is 1. The summed E-state index contributed by atoms with van der Waals surface area (Å²) in [6.07, 6.45) is 3.62. The average molecular weight is 278 g/mol. The zero-order valence-electron chi connectivity index (χ0n) is 11.5. The molecule has 0 aromatic carbocycles. The molecule has 6 heteroatoms. The minimum atomic E-state index is -2.83. The molecule has 0 saturated carbocycles. The van der Waals surface area contributed by atoms with Crippen molar-refractivity contribution in [3.63, 3.8) is 0 Å². The summed E-state index contributed by atoms with van der Waals surface area (Å²) in [5, 5.41) is 3.39. The summed E-state index contributed by atoms with van der Waals surface area (Å²) >= 11 is 0. The molecular weight excluding hydrogens is 252 g/mol. The van der Waals surface area contributed by atoms with Gasteiger partial charge in [-0.05, 0) is 38.4 Å². The predicted octanol–water partition coefficient (Wildman–Crippen LogP) is -0.0210. The fraction of sp³-hybridized carbons (Fsp3) is 1.00. The van der Waals surface area contributed by atoms with Gasteiger partial charge in [0.25, 0.3) is 0 Å². The van der Waals surface area contributed by atoms with Crippen LogP contribution in [0.3, 0.4) is 0 Å². The lowest BCUT2D eigenvalue weighted by atomic mass is 9.97. The van der Waals surface area contributed by atoms with Gasteiger partial charge in [-0.15, -0.1) is 0 Å². The fourth-order valence-corrected chi connectivity index (χ4v) is 2.78. The first-order valence-electron chi connectivity index (χ1n) is 6.61. The molecule has 0 bridgehead atoms. The lowest BCUT2D eigenvalue weighted by Gasteiger charge is -2.31. The van der Waals surface area contributed by atoms with Gasteiger partial charge in [0.05, 0.1) is 12.4 Å². The Morgan fingerprint density at radius 3 is 2.56 bits per heavy atom. The molecule has 1 aliphatic heterocycles. The average Bonchev–Trinajstić information content (AvgIpc) is 2.33. The van der Waals surface area contributed by atoms with Gasteiger partial charge in [0, 0.05) is 26.5 Å². The maximum atomic E-state index is 11.1. The number of hydrogen-bond acceptors (Lipinski definition) is 5. The molecule has 0 aliphatic carbocycles. The number of ether oxygens (including phenoxy) is 1. The van der Waals surface area contributed by atoms with Crippen LogP contribution in [0.1, 0.15) is 12.8 Å². The maximum absolute atomic E-state index is 11.1. The van der Waals surface area contributed by atoms with Gasteiger partial charge in [-0.1, -0.05) is 0 Å². The summed E-state index contributed by atoms with van der Waals surface area (Å²) in [5.74, 6) is 1.00. The number of piperidine rings is 1. The molecule has 0 atom stereocenters. The van der Waals surface area contributed by atoms with Crippen molar-refractivity contribution in [3.8, 4) is 0 Å². The van der Waals surface area contributed by atoms with Crippen LogP contribution in [-0.4, -0.2) is 71.8 Å². The van der Waals surface area contributed by atoms with E-state index in [1.54, 1.807) is 7.11 Å². The van der Waals surface area contributed by atoms with Crippen LogP contribution in [0.4, 0.5) is 0 Å². The summed E-state index contributed by atoms with van der Waals surface area (Å²) in [6, 6.07) is 0. The van der Waals surface area contributed by atoms with Crippen LogP contribution in [0.2, 0.25) is 0 Å². The second kappa shape index (κ2) is 8.09. The molecule has 1 fully saturated rings. The molecule has 1 aliphatic rings. The molecular formula is C12H26N2O3S. The molecule has 0 unspecified atom stereocenters. The zero-order valence-corrected chi connectivity index (χ0v) is 12.3. The van der Waals surface area contributed by atoms with Crippen LogP contribution in [0.5, 0.6) is 0 Å². The Balaban J connectivity index is 2.09. The van der Waals surface area contributed by atoms with Gasteiger partial charge in [0.15, 0.2) is 0 Å². The van der Waals surface area contributed by atoms with E-state index in [-0.39, 0.29) is 5.75 Å². The Kier molecular flexibility index (Phi) is 7.14. The summed E-state index contributed by atoms with van der Waals surface area (Å²) in [6.45, 7) is 5.43. The Morgan fingerprint density at radius 1 is 1.33 bits per heavy atom. The third-order valence-electron chi connectivity index (χ3n) is 3.40. The summed E-state index contributed by atoms with van der Waals surface area (Å²) in [5.41, 5.74) is 0. The largest absolute Gasteiger partial charge is 0.383 e. The van der Waals surface area contributed by atoms with Crippen molar-refractivity contribution in [2.75, 3.05) is 58.4 Å². The molecule has 1 rings (SSSR count). The van der Waals surface area contributed by atoms with Gasteiger partial charge < -0.3 is 15.0 Å². The minimum Gasteiger partial charge on any atom is -0.383 e. The normalized spacial score (nSPS) is 19.2.